The van der Waals surface area contributed by atoms with Crippen LogP contribution < -0.4 is 0 Å². The Hall–Kier alpha value is -2.50. The first-order valence-corrected chi connectivity index (χ1v) is 7.50. The lowest BCUT2D eigenvalue weighted by molar-refractivity contribution is -0.384. The summed E-state index contributed by atoms with van der Waals surface area (Å²) in [6.07, 6.45) is 0.307. The van der Waals surface area contributed by atoms with E-state index in [-0.39, 0.29) is 17.7 Å². The first-order valence-electron chi connectivity index (χ1n) is 7.50. The van der Waals surface area contributed by atoms with Gasteiger partial charge in [0.25, 0.3) is 5.69 Å². The van der Waals surface area contributed by atoms with E-state index < -0.39 is 10.9 Å². The number of benzene rings is 1. The van der Waals surface area contributed by atoms with Crippen molar-refractivity contribution in [3.05, 3.63) is 51.2 Å². The molecule has 1 aliphatic heterocycles. The van der Waals surface area contributed by atoms with Gasteiger partial charge in [0.2, 0.25) is 0 Å². The van der Waals surface area contributed by atoms with Gasteiger partial charge in [-0.3, -0.25) is 15.1 Å². The number of carbonyl (C=O) groups is 1. The molecule has 2 rings (SSSR count). The number of hydrogen-bond acceptors (Lipinski definition) is 5. The van der Waals surface area contributed by atoms with Gasteiger partial charge in [-0.1, -0.05) is 12.1 Å². The predicted octanol–water partition coefficient (Wildman–Crippen LogP) is 3.77. The lowest BCUT2D eigenvalue weighted by Crippen LogP contribution is -2.23. The Kier molecular flexibility index (Phi) is 4.93. The standard InChI is InChI=1S/C17H20N2O4/c1-10(2)23-17(20)16-12(4)18-11(3)8-15(16)13-6-5-7-14(9-13)19(21)22/h5-7,9-10,15H,8H2,1-4H3. The molecule has 122 valence electrons. The van der Waals surface area contributed by atoms with Crippen LogP contribution in [-0.4, -0.2) is 22.7 Å². The maximum atomic E-state index is 12.4. The average molecular weight is 316 g/mol. The number of nitro benzene ring substituents is 1. The van der Waals surface area contributed by atoms with E-state index in [0.29, 0.717) is 17.7 Å². The van der Waals surface area contributed by atoms with E-state index in [9.17, 15) is 14.9 Å². The molecule has 0 aliphatic carbocycles. The molecule has 0 aromatic heterocycles. The quantitative estimate of drug-likeness (QED) is 0.481. The van der Waals surface area contributed by atoms with Crippen molar-refractivity contribution in [3.63, 3.8) is 0 Å². The average Bonchev–Trinajstić information content (AvgIpc) is 2.45. The highest BCUT2D eigenvalue weighted by Crippen LogP contribution is 2.36. The van der Waals surface area contributed by atoms with E-state index in [1.165, 1.54) is 12.1 Å². The Morgan fingerprint density at radius 3 is 2.70 bits per heavy atom. The highest BCUT2D eigenvalue weighted by Gasteiger charge is 2.31. The molecule has 1 aromatic rings. The summed E-state index contributed by atoms with van der Waals surface area (Å²) in [5.41, 5.74) is 2.71. The molecule has 6 nitrogen and oxygen atoms in total. The largest absolute Gasteiger partial charge is 0.460 e. The zero-order chi connectivity index (χ0) is 17.1. The van der Waals surface area contributed by atoms with Crippen LogP contribution in [0.25, 0.3) is 0 Å². The van der Waals surface area contributed by atoms with Crippen molar-refractivity contribution in [2.24, 2.45) is 4.99 Å². The minimum atomic E-state index is -0.435. The summed E-state index contributed by atoms with van der Waals surface area (Å²) < 4.78 is 5.32. The van der Waals surface area contributed by atoms with E-state index in [1.807, 2.05) is 6.92 Å². The molecule has 1 atom stereocenters. The van der Waals surface area contributed by atoms with Crippen LogP contribution in [0, 0.1) is 10.1 Å². The number of ether oxygens (including phenoxy) is 1. The molecule has 23 heavy (non-hydrogen) atoms. The number of hydrogen-bond donors (Lipinski definition) is 0. The molecule has 1 aliphatic rings. The summed E-state index contributed by atoms with van der Waals surface area (Å²) in [5, 5.41) is 11.0. The second-order valence-electron chi connectivity index (χ2n) is 5.91. The summed E-state index contributed by atoms with van der Waals surface area (Å²) in [6, 6.07) is 6.39. The van der Waals surface area contributed by atoms with E-state index in [0.717, 1.165) is 11.3 Å². The van der Waals surface area contributed by atoms with Gasteiger partial charge in [-0.05, 0) is 39.7 Å². The van der Waals surface area contributed by atoms with Gasteiger partial charge in [-0.15, -0.1) is 0 Å². The van der Waals surface area contributed by atoms with Crippen LogP contribution in [0.4, 0.5) is 5.69 Å². The minimum Gasteiger partial charge on any atom is -0.460 e. The third kappa shape index (κ3) is 3.83. The SMILES string of the molecule is CC1=NC(C)=C(C(=O)OC(C)C)C(c2cccc([N+](=O)[O-])c2)C1. The summed E-state index contributed by atoms with van der Waals surface area (Å²) in [7, 11) is 0. The first-order chi connectivity index (χ1) is 10.8. The number of allylic oxidation sites excluding steroid dienone is 1. The molecule has 0 saturated heterocycles. The molecular weight excluding hydrogens is 296 g/mol. The fraction of sp³-hybridized carbons (Fsp3) is 0.412. The predicted molar refractivity (Wildman–Crippen MR) is 87.5 cm³/mol. The van der Waals surface area contributed by atoms with Gasteiger partial charge < -0.3 is 4.74 Å². The second-order valence-corrected chi connectivity index (χ2v) is 5.91. The van der Waals surface area contributed by atoms with Crippen molar-refractivity contribution in [2.45, 2.75) is 46.1 Å². The van der Waals surface area contributed by atoms with Gasteiger partial charge in [0, 0.05) is 29.5 Å². The Morgan fingerprint density at radius 1 is 1.39 bits per heavy atom. The fourth-order valence-electron chi connectivity index (χ4n) is 2.75. The summed E-state index contributed by atoms with van der Waals surface area (Å²) in [6.45, 7) is 7.23. The number of carbonyl (C=O) groups excluding carboxylic acids is 1. The first kappa shape index (κ1) is 16.9. The highest BCUT2D eigenvalue weighted by molar-refractivity contribution is 5.96. The summed E-state index contributed by atoms with van der Waals surface area (Å²) in [5.74, 6) is -0.691. The maximum Gasteiger partial charge on any atom is 0.336 e. The maximum absolute atomic E-state index is 12.4. The lowest BCUT2D eigenvalue weighted by Gasteiger charge is -2.25. The van der Waals surface area contributed by atoms with Gasteiger partial charge in [0.05, 0.1) is 16.6 Å². The van der Waals surface area contributed by atoms with Gasteiger partial charge in [-0.2, -0.15) is 0 Å². The number of nitrogens with zero attached hydrogens (tertiary/aromatic N) is 2. The van der Waals surface area contributed by atoms with Gasteiger partial charge in [-0.25, -0.2) is 4.79 Å². The molecule has 0 amide bonds. The molecule has 0 saturated carbocycles. The number of rotatable bonds is 4. The molecule has 6 heteroatoms. The van der Waals surface area contributed by atoms with Crippen LogP contribution in [0.5, 0.6) is 0 Å². The molecule has 1 aromatic carbocycles. The van der Waals surface area contributed by atoms with Gasteiger partial charge in [0.15, 0.2) is 0 Å². The van der Waals surface area contributed by atoms with E-state index in [2.05, 4.69) is 4.99 Å². The Morgan fingerprint density at radius 2 is 2.09 bits per heavy atom. The summed E-state index contributed by atoms with van der Waals surface area (Å²) in [4.78, 5) is 27.4. The number of nitro groups is 1. The van der Waals surface area contributed by atoms with Crippen molar-refractivity contribution in [3.8, 4) is 0 Å². The van der Waals surface area contributed by atoms with Crippen molar-refractivity contribution in [1.29, 1.82) is 0 Å². The molecular formula is C17H20N2O4. The van der Waals surface area contributed by atoms with Crippen LogP contribution in [0.3, 0.4) is 0 Å². The Balaban J connectivity index is 2.47. The van der Waals surface area contributed by atoms with Crippen LogP contribution in [0.1, 0.15) is 45.6 Å². The van der Waals surface area contributed by atoms with E-state index >= 15 is 0 Å². The molecule has 1 heterocycles. The topological polar surface area (TPSA) is 81.8 Å². The Bertz CT molecular complexity index is 704. The number of aliphatic imine (C=N–C) groups is 1. The normalized spacial score (nSPS) is 18.0. The number of esters is 1. The third-order valence-corrected chi connectivity index (χ3v) is 3.64. The molecule has 0 bridgehead atoms. The second kappa shape index (κ2) is 6.73. The third-order valence-electron chi connectivity index (χ3n) is 3.64. The zero-order valence-electron chi connectivity index (χ0n) is 13.7. The van der Waals surface area contributed by atoms with Crippen LogP contribution in [0.2, 0.25) is 0 Å². The zero-order valence-corrected chi connectivity index (χ0v) is 13.7. The number of non-ortho nitro benzene ring substituents is 1. The van der Waals surface area contributed by atoms with Crippen molar-refractivity contribution in [1.82, 2.24) is 0 Å². The molecule has 1 unspecified atom stereocenters. The van der Waals surface area contributed by atoms with Crippen molar-refractivity contribution in [2.75, 3.05) is 0 Å². The molecule has 0 fully saturated rings. The van der Waals surface area contributed by atoms with Crippen LogP contribution in [-0.2, 0) is 9.53 Å². The van der Waals surface area contributed by atoms with Crippen molar-refractivity contribution >= 4 is 17.4 Å². The smallest absolute Gasteiger partial charge is 0.336 e. The molecule has 0 radical (unpaired) electrons. The highest BCUT2D eigenvalue weighted by atomic mass is 16.6. The van der Waals surface area contributed by atoms with Gasteiger partial charge >= 0.3 is 5.97 Å². The van der Waals surface area contributed by atoms with Crippen molar-refractivity contribution < 1.29 is 14.5 Å². The molecule has 0 spiro atoms. The Labute approximate surface area is 135 Å². The van der Waals surface area contributed by atoms with Crippen LogP contribution >= 0.6 is 0 Å². The van der Waals surface area contributed by atoms with Gasteiger partial charge in [0.1, 0.15) is 0 Å². The fourth-order valence-corrected chi connectivity index (χ4v) is 2.75. The summed E-state index contributed by atoms with van der Waals surface area (Å²) >= 11 is 0. The monoisotopic (exact) mass is 316 g/mol. The van der Waals surface area contributed by atoms with E-state index in [4.69, 9.17) is 4.74 Å². The minimum absolute atomic E-state index is 0.0110. The molecule has 0 N–H and O–H groups in total. The lowest BCUT2D eigenvalue weighted by atomic mass is 9.83. The van der Waals surface area contributed by atoms with E-state index in [1.54, 1.807) is 32.9 Å². The van der Waals surface area contributed by atoms with Crippen LogP contribution in [0.15, 0.2) is 40.5 Å².